The Morgan fingerprint density at radius 3 is 2.67 bits per heavy atom. The SMILES string of the molecule is COC(C)CNS(=O)(=O)c1cc(Br)cc(N)c1C. The minimum absolute atomic E-state index is 0.178. The Hall–Kier alpha value is -0.630. The molecule has 0 saturated carbocycles. The normalized spacial score (nSPS) is 13.6. The highest BCUT2D eigenvalue weighted by molar-refractivity contribution is 9.10. The van der Waals surface area contributed by atoms with Crippen LogP contribution in [0.25, 0.3) is 0 Å². The van der Waals surface area contributed by atoms with Gasteiger partial charge in [0.15, 0.2) is 0 Å². The van der Waals surface area contributed by atoms with Crippen LogP contribution in [0.2, 0.25) is 0 Å². The Balaban J connectivity index is 3.05. The first-order chi connectivity index (χ1) is 8.27. The molecule has 1 unspecified atom stereocenters. The Morgan fingerprint density at radius 1 is 1.50 bits per heavy atom. The van der Waals surface area contributed by atoms with Gasteiger partial charge in [-0.2, -0.15) is 0 Å². The van der Waals surface area contributed by atoms with E-state index in [1.54, 1.807) is 19.9 Å². The summed E-state index contributed by atoms with van der Waals surface area (Å²) < 4.78 is 32.4. The van der Waals surface area contributed by atoms with Gasteiger partial charge in [-0.15, -0.1) is 0 Å². The molecule has 0 aliphatic rings. The summed E-state index contributed by atoms with van der Waals surface area (Å²) in [6.45, 7) is 3.67. The highest BCUT2D eigenvalue weighted by Crippen LogP contribution is 2.26. The van der Waals surface area contributed by atoms with Crippen LogP contribution in [0.1, 0.15) is 12.5 Å². The van der Waals surface area contributed by atoms with Crippen LogP contribution < -0.4 is 10.5 Å². The molecule has 0 aromatic heterocycles. The zero-order valence-corrected chi connectivity index (χ0v) is 12.9. The lowest BCUT2D eigenvalue weighted by Crippen LogP contribution is -2.32. The number of hydrogen-bond acceptors (Lipinski definition) is 4. The first-order valence-corrected chi connectivity index (χ1v) is 7.63. The lowest BCUT2D eigenvalue weighted by molar-refractivity contribution is 0.122. The second-order valence-electron chi connectivity index (χ2n) is 4.02. The van der Waals surface area contributed by atoms with Gasteiger partial charge in [0.25, 0.3) is 0 Å². The summed E-state index contributed by atoms with van der Waals surface area (Å²) in [5, 5.41) is 0. The largest absolute Gasteiger partial charge is 0.398 e. The van der Waals surface area contributed by atoms with Gasteiger partial charge in [-0.1, -0.05) is 15.9 Å². The summed E-state index contributed by atoms with van der Waals surface area (Å²) in [5.74, 6) is 0. The van der Waals surface area contributed by atoms with Gasteiger partial charge in [-0.25, -0.2) is 13.1 Å². The summed E-state index contributed by atoms with van der Waals surface area (Å²) in [6.07, 6.45) is -0.190. The Labute approximate surface area is 116 Å². The van der Waals surface area contributed by atoms with Crippen LogP contribution in [0.15, 0.2) is 21.5 Å². The van der Waals surface area contributed by atoms with Gasteiger partial charge in [0.1, 0.15) is 0 Å². The fourth-order valence-corrected chi connectivity index (χ4v) is 3.38. The van der Waals surface area contributed by atoms with Gasteiger partial charge in [0.2, 0.25) is 10.0 Å². The molecule has 0 aliphatic carbocycles. The maximum atomic E-state index is 12.1. The Morgan fingerprint density at radius 2 is 2.11 bits per heavy atom. The molecule has 5 nitrogen and oxygen atoms in total. The van der Waals surface area contributed by atoms with E-state index in [0.29, 0.717) is 15.7 Å². The maximum Gasteiger partial charge on any atom is 0.241 e. The number of halogens is 1. The van der Waals surface area contributed by atoms with Crippen molar-refractivity contribution >= 4 is 31.6 Å². The molecule has 7 heteroatoms. The van der Waals surface area contributed by atoms with Gasteiger partial charge < -0.3 is 10.5 Å². The fourth-order valence-electron chi connectivity index (χ4n) is 1.34. The summed E-state index contributed by atoms with van der Waals surface area (Å²) in [5.41, 5.74) is 6.73. The van der Waals surface area contributed by atoms with Gasteiger partial charge in [0, 0.05) is 23.8 Å². The minimum Gasteiger partial charge on any atom is -0.398 e. The van der Waals surface area contributed by atoms with E-state index in [2.05, 4.69) is 20.7 Å². The van der Waals surface area contributed by atoms with E-state index in [1.165, 1.54) is 13.2 Å². The number of methoxy groups -OCH3 is 1. The molecule has 102 valence electrons. The third-order valence-corrected chi connectivity index (χ3v) is 4.63. The van der Waals surface area contributed by atoms with Crippen molar-refractivity contribution in [3.63, 3.8) is 0 Å². The third kappa shape index (κ3) is 3.68. The molecule has 1 rings (SSSR count). The predicted octanol–water partition coefficient (Wildman–Crippen LogP) is 1.65. The molecule has 3 N–H and O–H groups in total. The standard InChI is InChI=1S/C11H17BrN2O3S/c1-7(17-3)6-14-18(15,16)11-5-9(12)4-10(13)8(11)2/h4-5,7,14H,6,13H2,1-3H3. The van der Waals surface area contributed by atoms with Crippen molar-refractivity contribution in [2.45, 2.75) is 24.8 Å². The molecule has 1 atom stereocenters. The summed E-state index contributed by atoms with van der Waals surface area (Å²) in [7, 11) is -2.05. The van der Waals surface area contributed by atoms with Crippen molar-refractivity contribution in [1.82, 2.24) is 4.72 Å². The quantitative estimate of drug-likeness (QED) is 0.801. The van der Waals surface area contributed by atoms with Crippen molar-refractivity contribution in [1.29, 1.82) is 0 Å². The molecule has 0 bridgehead atoms. The van der Waals surface area contributed by atoms with Crippen LogP contribution in [0.5, 0.6) is 0 Å². The van der Waals surface area contributed by atoms with E-state index in [1.807, 2.05) is 0 Å². The van der Waals surface area contributed by atoms with Gasteiger partial charge in [-0.05, 0) is 31.5 Å². The average molecular weight is 337 g/mol. The number of rotatable bonds is 5. The smallest absolute Gasteiger partial charge is 0.241 e. The molecule has 18 heavy (non-hydrogen) atoms. The van der Waals surface area contributed by atoms with Crippen molar-refractivity contribution in [3.8, 4) is 0 Å². The predicted molar refractivity (Wildman–Crippen MR) is 75.0 cm³/mol. The minimum atomic E-state index is -3.58. The number of nitrogens with one attached hydrogen (secondary N) is 1. The maximum absolute atomic E-state index is 12.1. The second kappa shape index (κ2) is 6.01. The Bertz CT molecular complexity index is 531. The van der Waals surface area contributed by atoms with E-state index < -0.39 is 10.0 Å². The lowest BCUT2D eigenvalue weighted by Gasteiger charge is -2.14. The van der Waals surface area contributed by atoms with Crippen LogP contribution in [-0.2, 0) is 14.8 Å². The Kier molecular flexibility index (Phi) is 5.15. The number of sulfonamides is 1. The number of ether oxygens (including phenoxy) is 1. The van der Waals surface area contributed by atoms with Gasteiger partial charge >= 0.3 is 0 Å². The van der Waals surface area contributed by atoms with E-state index in [0.717, 1.165) is 0 Å². The number of anilines is 1. The zero-order valence-electron chi connectivity index (χ0n) is 10.5. The van der Waals surface area contributed by atoms with Crippen LogP contribution in [0.3, 0.4) is 0 Å². The van der Waals surface area contributed by atoms with Crippen LogP contribution in [0.4, 0.5) is 5.69 Å². The molecule has 0 spiro atoms. The van der Waals surface area contributed by atoms with Gasteiger partial charge in [-0.3, -0.25) is 0 Å². The lowest BCUT2D eigenvalue weighted by atomic mass is 10.2. The van der Waals surface area contributed by atoms with Crippen molar-refractivity contribution < 1.29 is 13.2 Å². The van der Waals surface area contributed by atoms with E-state index in [9.17, 15) is 8.42 Å². The molecule has 0 aliphatic heterocycles. The van der Waals surface area contributed by atoms with Crippen molar-refractivity contribution in [2.24, 2.45) is 0 Å². The van der Waals surface area contributed by atoms with E-state index in [-0.39, 0.29) is 17.5 Å². The topological polar surface area (TPSA) is 81.4 Å². The second-order valence-corrected chi connectivity index (χ2v) is 6.67. The fraction of sp³-hybridized carbons (Fsp3) is 0.455. The summed E-state index contributed by atoms with van der Waals surface area (Å²) >= 11 is 3.24. The molecule has 0 amide bonds. The number of benzene rings is 1. The zero-order chi connectivity index (χ0) is 13.9. The highest BCUT2D eigenvalue weighted by Gasteiger charge is 2.19. The average Bonchev–Trinajstić information content (AvgIpc) is 2.30. The molecule has 0 heterocycles. The molecular formula is C11H17BrN2O3S. The van der Waals surface area contributed by atoms with Gasteiger partial charge in [0.05, 0.1) is 11.0 Å². The molecule has 0 radical (unpaired) electrons. The summed E-state index contributed by atoms with van der Waals surface area (Å²) in [6, 6.07) is 3.21. The van der Waals surface area contributed by atoms with Crippen LogP contribution >= 0.6 is 15.9 Å². The molecular weight excluding hydrogens is 320 g/mol. The third-order valence-electron chi connectivity index (χ3n) is 2.62. The number of nitrogen functional groups attached to an aromatic ring is 1. The first kappa shape index (κ1) is 15.4. The highest BCUT2D eigenvalue weighted by atomic mass is 79.9. The molecule has 1 aromatic rings. The molecule has 1 aromatic carbocycles. The molecule has 0 saturated heterocycles. The number of nitrogens with two attached hydrogens (primary N) is 1. The molecule has 0 fully saturated rings. The van der Waals surface area contributed by atoms with E-state index >= 15 is 0 Å². The first-order valence-electron chi connectivity index (χ1n) is 5.36. The number of hydrogen-bond donors (Lipinski definition) is 2. The van der Waals surface area contributed by atoms with Crippen LogP contribution in [-0.4, -0.2) is 28.2 Å². The van der Waals surface area contributed by atoms with Crippen LogP contribution in [0, 0.1) is 6.92 Å². The van der Waals surface area contributed by atoms with Crippen molar-refractivity contribution in [2.75, 3.05) is 19.4 Å². The monoisotopic (exact) mass is 336 g/mol. The summed E-state index contributed by atoms with van der Waals surface area (Å²) in [4.78, 5) is 0.178. The van der Waals surface area contributed by atoms with E-state index in [4.69, 9.17) is 10.5 Å². The van der Waals surface area contributed by atoms with Crippen molar-refractivity contribution in [3.05, 3.63) is 22.2 Å².